The molecule has 0 radical (unpaired) electrons. The van der Waals surface area contributed by atoms with Gasteiger partial charge in [-0.3, -0.25) is 9.59 Å². The van der Waals surface area contributed by atoms with Crippen LogP contribution in [-0.4, -0.2) is 79.7 Å². The molecule has 4 rings (SSSR count). The van der Waals surface area contributed by atoms with Crippen LogP contribution in [0, 0.1) is 12.8 Å². The molecule has 2 heterocycles. The molecule has 2 amide bonds. The van der Waals surface area contributed by atoms with Crippen LogP contribution in [0.4, 0.5) is 5.69 Å². The molecule has 224 valence electrons. The van der Waals surface area contributed by atoms with E-state index in [0.717, 1.165) is 24.2 Å². The summed E-state index contributed by atoms with van der Waals surface area (Å²) in [7, 11) is -3.44. The first-order chi connectivity index (χ1) is 19.5. The zero-order valence-electron chi connectivity index (χ0n) is 24.3. The first-order valence-electron chi connectivity index (χ1n) is 14.5. The number of anilines is 1. The second-order valence-electron chi connectivity index (χ2n) is 11.4. The summed E-state index contributed by atoms with van der Waals surface area (Å²) in [5, 5.41) is 9.91. The quantitative estimate of drug-likeness (QED) is 0.449. The maximum absolute atomic E-state index is 13.7. The van der Waals surface area contributed by atoms with Crippen LogP contribution < -0.4 is 4.90 Å². The number of aliphatic hydroxyl groups excluding tert-OH is 1. The number of carbonyl (C=O) groups excluding carboxylic acids is 2. The molecule has 0 spiro atoms. The summed E-state index contributed by atoms with van der Waals surface area (Å²) in [5.74, 6) is -0.0234. The van der Waals surface area contributed by atoms with E-state index in [4.69, 9.17) is 11.6 Å². The molecule has 2 aromatic carbocycles. The number of benzene rings is 2. The number of halogens is 1. The van der Waals surface area contributed by atoms with Gasteiger partial charge in [-0.1, -0.05) is 29.8 Å². The molecule has 2 aliphatic rings. The van der Waals surface area contributed by atoms with Crippen molar-refractivity contribution in [3.05, 3.63) is 58.6 Å². The average molecular weight is 604 g/mol. The van der Waals surface area contributed by atoms with Crippen LogP contribution in [0.3, 0.4) is 0 Å². The second kappa shape index (κ2) is 13.7. The predicted octanol–water partition coefficient (Wildman–Crippen LogP) is 4.62. The third-order valence-corrected chi connectivity index (χ3v) is 11.2. The van der Waals surface area contributed by atoms with Crippen LogP contribution in [0.2, 0.25) is 5.02 Å². The van der Waals surface area contributed by atoms with Crippen LogP contribution in [0.15, 0.2) is 47.4 Å². The number of aryl methyl sites for hydroxylation is 1. The van der Waals surface area contributed by atoms with Crippen LogP contribution >= 0.6 is 11.6 Å². The molecule has 0 aliphatic carbocycles. The molecule has 0 saturated carbocycles. The van der Waals surface area contributed by atoms with Crippen LogP contribution in [0.1, 0.15) is 63.2 Å². The molecule has 41 heavy (non-hydrogen) atoms. The Kier molecular flexibility index (Phi) is 10.5. The van der Waals surface area contributed by atoms with Crippen molar-refractivity contribution < 1.29 is 23.1 Å². The lowest BCUT2D eigenvalue weighted by molar-refractivity contribution is -0.133. The van der Waals surface area contributed by atoms with Gasteiger partial charge >= 0.3 is 0 Å². The standard InChI is InChI=1S/C31H42ClN3O5S/c1-22-5-8-27(21-30(22)32)35(31(38)26-11-19-34(20-12-26)24(3)37)16-4-15-33-17-13-29(14-18-33)41(39,40)28-9-6-25(7-10-28)23(2)36/h5-10,21,23,26,29,36H,4,11-20H2,1-3H3. The molecule has 0 bridgehead atoms. The van der Waals surface area contributed by atoms with Crippen LogP contribution in [0.25, 0.3) is 0 Å². The Bertz CT molecular complexity index is 1320. The van der Waals surface area contributed by atoms with Gasteiger partial charge < -0.3 is 19.8 Å². The van der Waals surface area contributed by atoms with Crippen LogP contribution in [0.5, 0.6) is 0 Å². The van der Waals surface area contributed by atoms with Gasteiger partial charge in [-0.15, -0.1) is 0 Å². The summed E-state index contributed by atoms with van der Waals surface area (Å²) in [6.07, 6.45) is 2.54. The van der Waals surface area contributed by atoms with Gasteiger partial charge in [0, 0.05) is 43.2 Å². The van der Waals surface area contributed by atoms with E-state index >= 15 is 0 Å². The minimum atomic E-state index is -3.44. The van der Waals surface area contributed by atoms with Crippen molar-refractivity contribution >= 4 is 38.9 Å². The Balaban J connectivity index is 1.34. The molecule has 1 unspecified atom stereocenters. The summed E-state index contributed by atoms with van der Waals surface area (Å²) in [6.45, 7) is 9.02. The number of rotatable bonds is 9. The lowest BCUT2D eigenvalue weighted by Crippen LogP contribution is -2.45. The topological polar surface area (TPSA) is 98.2 Å². The minimum absolute atomic E-state index is 0.0453. The van der Waals surface area contributed by atoms with Gasteiger partial charge in [0.25, 0.3) is 0 Å². The zero-order valence-corrected chi connectivity index (χ0v) is 25.8. The highest BCUT2D eigenvalue weighted by Crippen LogP contribution is 2.29. The van der Waals surface area contributed by atoms with Crippen molar-refractivity contribution in [2.75, 3.05) is 44.2 Å². The molecule has 2 aromatic rings. The number of nitrogens with zero attached hydrogens (tertiary/aromatic N) is 3. The molecule has 0 aromatic heterocycles. The largest absolute Gasteiger partial charge is 0.389 e. The predicted molar refractivity (Wildman–Crippen MR) is 162 cm³/mol. The number of hydrogen-bond donors (Lipinski definition) is 1. The smallest absolute Gasteiger partial charge is 0.230 e. The van der Waals surface area contributed by atoms with Crippen molar-refractivity contribution in [2.45, 2.75) is 69.1 Å². The summed E-state index contributed by atoms with van der Waals surface area (Å²) >= 11 is 6.42. The number of aliphatic hydroxyl groups is 1. The van der Waals surface area contributed by atoms with Crippen LogP contribution in [-0.2, 0) is 19.4 Å². The Hall–Kier alpha value is -2.46. The molecule has 2 fully saturated rings. The molecular formula is C31H42ClN3O5S. The molecular weight excluding hydrogens is 562 g/mol. The summed E-state index contributed by atoms with van der Waals surface area (Å²) in [5.41, 5.74) is 2.43. The number of piperidine rings is 2. The van der Waals surface area contributed by atoms with E-state index in [-0.39, 0.29) is 17.7 Å². The Morgan fingerprint density at radius 1 is 1.02 bits per heavy atom. The van der Waals surface area contributed by atoms with Gasteiger partial charge in [-0.2, -0.15) is 0 Å². The first-order valence-corrected chi connectivity index (χ1v) is 16.5. The Labute approximate surface area is 249 Å². The molecule has 1 N–H and O–H groups in total. The maximum Gasteiger partial charge on any atom is 0.230 e. The number of hydrogen-bond acceptors (Lipinski definition) is 6. The van der Waals surface area contributed by atoms with E-state index in [9.17, 15) is 23.1 Å². The summed E-state index contributed by atoms with van der Waals surface area (Å²) < 4.78 is 26.4. The van der Waals surface area contributed by atoms with Crippen molar-refractivity contribution in [2.24, 2.45) is 5.92 Å². The van der Waals surface area contributed by atoms with Gasteiger partial charge in [0.15, 0.2) is 9.84 Å². The average Bonchev–Trinajstić information content (AvgIpc) is 2.97. The van der Waals surface area contributed by atoms with E-state index in [1.54, 1.807) is 43.0 Å². The lowest BCUT2D eigenvalue weighted by atomic mass is 9.94. The molecule has 2 aliphatic heterocycles. The Morgan fingerprint density at radius 3 is 2.22 bits per heavy atom. The summed E-state index contributed by atoms with van der Waals surface area (Å²) in [6, 6.07) is 12.3. The number of sulfone groups is 1. The third kappa shape index (κ3) is 7.69. The SMILES string of the molecule is CC(=O)N1CCC(C(=O)N(CCCN2CCC(S(=O)(=O)c3ccc(C(C)O)cc3)CC2)c2ccc(C)c(Cl)c2)CC1. The van der Waals surface area contributed by atoms with Crippen molar-refractivity contribution in [1.29, 1.82) is 0 Å². The van der Waals surface area contributed by atoms with Gasteiger partial charge in [0.2, 0.25) is 11.8 Å². The third-order valence-electron chi connectivity index (χ3n) is 8.54. The maximum atomic E-state index is 13.7. The van der Waals surface area contributed by atoms with Gasteiger partial charge in [0.05, 0.1) is 16.2 Å². The van der Waals surface area contributed by atoms with E-state index in [0.29, 0.717) is 73.9 Å². The lowest BCUT2D eigenvalue weighted by Gasteiger charge is -2.35. The van der Waals surface area contributed by atoms with E-state index in [2.05, 4.69) is 4.90 Å². The van der Waals surface area contributed by atoms with Crippen molar-refractivity contribution in [3.8, 4) is 0 Å². The number of amides is 2. The molecule has 1 atom stereocenters. The molecule has 2 saturated heterocycles. The van der Waals surface area contributed by atoms with E-state index in [1.807, 2.05) is 30.0 Å². The molecule has 10 heteroatoms. The minimum Gasteiger partial charge on any atom is -0.389 e. The Morgan fingerprint density at radius 2 is 1.66 bits per heavy atom. The zero-order chi connectivity index (χ0) is 29.7. The van der Waals surface area contributed by atoms with Gasteiger partial charge in [0.1, 0.15) is 0 Å². The fourth-order valence-corrected chi connectivity index (χ4v) is 7.71. The fraction of sp³-hybridized carbons (Fsp3) is 0.548. The highest BCUT2D eigenvalue weighted by Gasteiger charge is 2.32. The normalized spacial score (nSPS) is 18.3. The highest BCUT2D eigenvalue weighted by molar-refractivity contribution is 7.92. The molecule has 8 nitrogen and oxygen atoms in total. The van der Waals surface area contributed by atoms with Crippen molar-refractivity contribution in [1.82, 2.24) is 9.80 Å². The number of likely N-dealkylation sites (tertiary alicyclic amines) is 2. The van der Waals surface area contributed by atoms with Gasteiger partial charge in [-0.25, -0.2) is 8.42 Å². The monoisotopic (exact) mass is 603 g/mol. The van der Waals surface area contributed by atoms with Crippen molar-refractivity contribution in [3.63, 3.8) is 0 Å². The van der Waals surface area contributed by atoms with Gasteiger partial charge in [-0.05, 0) is 101 Å². The van der Waals surface area contributed by atoms with E-state index < -0.39 is 21.2 Å². The number of carbonyl (C=O) groups is 2. The first kappa shape index (κ1) is 31.5. The fourth-order valence-electron chi connectivity index (χ4n) is 5.80. The summed E-state index contributed by atoms with van der Waals surface area (Å²) in [4.78, 5) is 31.6. The second-order valence-corrected chi connectivity index (χ2v) is 14.0. The highest BCUT2D eigenvalue weighted by atomic mass is 35.5. The van der Waals surface area contributed by atoms with E-state index in [1.165, 1.54) is 0 Å².